The third kappa shape index (κ3) is 5.43. The molecule has 0 bridgehead atoms. The Morgan fingerprint density at radius 2 is 1.33 bits per heavy atom. The van der Waals surface area contributed by atoms with E-state index < -0.39 is 5.83 Å². The molecular weight excluding hydrogens is 387 g/mol. The lowest BCUT2D eigenvalue weighted by molar-refractivity contribution is 0.0238. The van der Waals surface area contributed by atoms with Gasteiger partial charge in [0, 0.05) is 58.4 Å². The molecular formula is C21H37FN6O2. The van der Waals surface area contributed by atoms with Gasteiger partial charge in [0.1, 0.15) is 0 Å². The van der Waals surface area contributed by atoms with Gasteiger partial charge < -0.3 is 24.7 Å². The van der Waals surface area contributed by atoms with E-state index in [2.05, 4.69) is 15.3 Å². The van der Waals surface area contributed by atoms with Gasteiger partial charge in [-0.2, -0.15) is 4.39 Å². The molecule has 0 radical (unpaired) electrons. The molecule has 170 valence electrons. The zero-order valence-corrected chi connectivity index (χ0v) is 18.1. The number of hydrogen-bond donors (Lipinski definition) is 2. The molecule has 0 atom stereocenters. The zero-order valence-electron chi connectivity index (χ0n) is 18.1. The van der Waals surface area contributed by atoms with Crippen molar-refractivity contribution in [2.24, 2.45) is 0 Å². The highest BCUT2D eigenvalue weighted by atomic mass is 19.1. The summed E-state index contributed by atoms with van der Waals surface area (Å²) in [6, 6.07) is 0.724. The molecule has 9 heteroatoms. The van der Waals surface area contributed by atoms with Gasteiger partial charge in [0.05, 0.1) is 26.4 Å². The first kappa shape index (κ1) is 21.8. The molecule has 1 aliphatic carbocycles. The number of piperazine rings is 1. The van der Waals surface area contributed by atoms with Crippen LogP contribution in [0.5, 0.6) is 0 Å². The van der Waals surface area contributed by atoms with Crippen LogP contribution in [-0.2, 0) is 9.47 Å². The van der Waals surface area contributed by atoms with E-state index in [-0.39, 0.29) is 5.84 Å². The number of nitrogens with one attached hydrogen (secondary N) is 2. The van der Waals surface area contributed by atoms with Crippen molar-refractivity contribution in [3.8, 4) is 0 Å². The van der Waals surface area contributed by atoms with Crippen molar-refractivity contribution < 1.29 is 13.9 Å². The minimum absolute atomic E-state index is 0.0480. The average Bonchev–Trinajstić information content (AvgIpc) is 2.84. The number of amidine groups is 1. The van der Waals surface area contributed by atoms with Crippen molar-refractivity contribution in [3.63, 3.8) is 0 Å². The molecule has 3 heterocycles. The summed E-state index contributed by atoms with van der Waals surface area (Å²) in [6.07, 6.45) is 6.71. The van der Waals surface area contributed by atoms with Gasteiger partial charge in [-0.05, 0) is 12.8 Å². The van der Waals surface area contributed by atoms with Crippen LogP contribution in [0.3, 0.4) is 0 Å². The van der Waals surface area contributed by atoms with Gasteiger partial charge in [-0.3, -0.25) is 10.3 Å². The SMILES string of the molecule is N=C(/C(F)=C(\NN1CCN(C2CCCCC2)CC1)N1CCOCC1)N1CCOCC1. The van der Waals surface area contributed by atoms with Gasteiger partial charge in [0.2, 0.25) is 5.83 Å². The van der Waals surface area contributed by atoms with E-state index in [1.165, 1.54) is 32.1 Å². The third-order valence-corrected chi connectivity index (χ3v) is 6.74. The fraction of sp³-hybridized carbons (Fsp3) is 0.857. The van der Waals surface area contributed by atoms with E-state index in [9.17, 15) is 0 Å². The summed E-state index contributed by atoms with van der Waals surface area (Å²) in [5.74, 6) is -0.109. The van der Waals surface area contributed by atoms with Crippen molar-refractivity contribution in [2.75, 3.05) is 78.8 Å². The second-order valence-corrected chi connectivity index (χ2v) is 8.64. The number of ether oxygens (including phenoxy) is 2. The molecule has 1 saturated carbocycles. The largest absolute Gasteiger partial charge is 0.378 e. The maximum atomic E-state index is 15.5. The molecule has 0 aromatic heterocycles. The van der Waals surface area contributed by atoms with Crippen LogP contribution in [0.15, 0.2) is 11.6 Å². The lowest BCUT2D eigenvalue weighted by Gasteiger charge is -2.42. The van der Waals surface area contributed by atoms with E-state index in [1.54, 1.807) is 4.90 Å². The molecule has 4 aliphatic rings. The molecule has 0 spiro atoms. The van der Waals surface area contributed by atoms with Gasteiger partial charge >= 0.3 is 0 Å². The predicted molar refractivity (Wildman–Crippen MR) is 114 cm³/mol. The predicted octanol–water partition coefficient (Wildman–Crippen LogP) is 1.22. The number of hydrogen-bond acceptors (Lipinski definition) is 7. The summed E-state index contributed by atoms with van der Waals surface area (Å²) >= 11 is 0. The van der Waals surface area contributed by atoms with E-state index in [0.29, 0.717) is 58.4 Å². The van der Waals surface area contributed by atoms with Crippen LogP contribution < -0.4 is 5.43 Å². The van der Waals surface area contributed by atoms with Crippen LogP contribution in [0.4, 0.5) is 4.39 Å². The molecule has 3 saturated heterocycles. The second kappa shape index (κ2) is 10.7. The Hall–Kier alpha value is -1.42. The molecule has 0 aromatic carbocycles. The first-order chi connectivity index (χ1) is 14.7. The van der Waals surface area contributed by atoms with Crippen molar-refractivity contribution in [2.45, 2.75) is 38.1 Å². The summed E-state index contributed by atoms with van der Waals surface area (Å²) in [7, 11) is 0. The van der Waals surface area contributed by atoms with Crippen LogP contribution in [0.1, 0.15) is 32.1 Å². The summed E-state index contributed by atoms with van der Waals surface area (Å²) in [4.78, 5) is 6.37. The summed E-state index contributed by atoms with van der Waals surface area (Å²) in [6.45, 7) is 8.38. The van der Waals surface area contributed by atoms with Crippen LogP contribution in [0, 0.1) is 5.41 Å². The lowest BCUT2D eigenvalue weighted by Crippen LogP contribution is -2.56. The topological polar surface area (TPSA) is 67.3 Å². The third-order valence-electron chi connectivity index (χ3n) is 6.74. The van der Waals surface area contributed by atoms with Gasteiger partial charge in [-0.15, -0.1) is 0 Å². The fourth-order valence-corrected chi connectivity index (χ4v) is 4.88. The molecule has 0 amide bonds. The standard InChI is InChI=1S/C21H37FN6O2/c22-19(20(23)26-10-14-29-15-11-26)21(27-12-16-30-17-13-27)24-28-8-6-25(7-9-28)18-4-2-1-3-5-18/h18,23-24H,1-17H2/b21-19-,23-20?. The Bertz CT molecular complexity index is 592. The molecule has 8 nitrogen and oxygen atoms in total. The van der Waals surface area contributed by atoms with Crippen LogP contribution >= 0.6 is 0 Å². The molecule has 0 unspecified atom stereocenters. The Balaban J connectivity index is 1.40. The molecule has 30 heavy (non-hydrogen) atoms. The quantitative estimate of drug-likeness (QED) is 0.508. The Morgan fingerprint density at radius 3 is 1.93 bits per heavy atom. The minimum atomic E-state index is -0.478. The molecule has 0 aromatic rings. The van der Waals surface area contributed by atoms with E-state index in [0.717, 1.165) is 32.2 Å². The number of hydrazine groups is 1. The summed E-state index contributed by atoms with van der Waals surface area (Å²) in [5, 5.41) is 10.6. The first-order valence-corrected chi connectivity index (χ1v) is 11.6. The number of halogens is 1. The summed E-state index contributed by atoms with van der Waals surface area (Å²) < 4.78 is 26.4. The van der Waals surface area contributed by atoms with E-state index >= 15 is 4.39 Å². The van der Waals surface area contributed by atoms with Crippen molar-refractivity contribution in [1.82, 2.24) is 25.1 Å². The molecule has 3 aliphatic heterocycles. The fourth-order valence-electron chi connectivity index (χ4n) is 4.88. The summed E-state index contributed by atoms with van der Waals surface area (Å²) in [5.41, 5.74) is 3.35. The van der Waals surface area contributed by atoms with Gasteiger partial charge in [-0.25, -0.2) is 5.01 Å². The van der Waals surface area contributed by atoms with Gasteiger partial charge in [0.15, 0.2) is 11.7 Å². The molecule has 2 N–H and O–H groups in total. The van der Waals surface area contributed by atoms with Gasteiger partial charge in [-0.1, -0.05) is 19.3 Å². The highest BCUT2D eigenvalue weighted by Gasteiger charge is 2.29. The monoisotopic (exact) mass is 424 g/mol. The number of nitrogens with zero attached hydrogens (tertiary/aromatic N) is 4. The molecule has 4 fully saturated rings. The normalized spacial score (nSPS) is 26.4. The average molecular weight is 425 g/mol. The van der Waals surface area contributed by atoms with Crippen molar-refractivity contribution >= 4 is 5.84 Å². The first-order valence-electron chi connectivity index (χ1n) is 11.6. The Morgan fingerprint density at radius 1 is 0.767 bits per heavy atom. The second-order valence-electron chi connectivity index (χ2n) is 8.64. The van der Waals surface area contributed by atoms with E-state index in [1.807, 2.05) is 4.90 Å². The zero-order chi connectivity index (χ0) is 20.8. The Kier molecular flexibility index (Phi) is 7.81. The van der Waals surface area contributed by atoms with Crippen LogP contribution in [0.25, 0.3) is 0 Å². The van der Waals surface area contributed by atoms with Crippen molar-refractivity contribution in [3.05, 3.63) is 11.6 Å². The lowest BCUT2D eigenvalue weighted by atomic mass is 9.94. The van der Waals surface area contributed by atoms with E-state index in [4.69, 9.17) is 14.9 Å². The minimum Gasteiger partial charge on any atom is -0.378 e. The Labute approximate surface area is 179 Å². The maximum absolute atomic E-state index is 15.5. The number of morpholine rings is 2. The number of rotatable bonds is 5. The smallest absolute Gasteiger partial charge is 0.206 e. The molecule has 4 rings (SSSR count). The van der Waals surface area contributed by atoms with Crippen molar-refractivity contribution in [1.29, 1.82) is 5.41 Å². The highest BCUT2D eigenvalue weighted by molar-refractivity contribution is 5.94. The van der Waals surface area contributed by atoms with Gasteiger partial charge in [0.25, 0.3) is 0 Å². The van der Waals surface area contributed by atoms with Crippen LogP contribution in [-0.4, -0.2) is 110 Å². The van der Waals surface area contributed by atoms with Crippen LogP contribution in [0.2, 0.25) is 0 Å². The highest BCUT2D eigenvalue weighted by Crippen LogP contribution is 2.24. The maximum Gasteiger partial charge on any atom is 0.206 e.